The highest BCUT2D eigenvalue weighted by Gasteiger charge is 2.31. The molecule has 0 bridgehead atoms. The third-order valence-electron chi connectivity index (χ3n) is 5.97. The van der Waals surface area contributed by atoms with Gasteiger partial charge in [-0.1, -0.05) is 12.1 Å². The van der Waals surface area contributed by atoms with E-state index >= 15 is 0 Å². The minimum Gasteiger partial charge on any atom is -0.489 e. The van der Waals surface area contributed by atoms with Gasteiger partial charge in [0.25, 0.3) is 5.91 Å². The molecule has 1 amide bonds. The van der Waals surface area contributed by atoms with Gasteiger partial charge in [-0.15, -0.1) is 0 Å². The topological polar surface area (TPSA) is 32.8 Å². The van der Waals surface area contributed by atoms with Gasteiger partial charge < -0.3 is 14.5 Å². The lowest BCUT2D eigenvalue weighted by Gasteiger charge is -2.28. The summed E-state index contributed by atoms with van der Waals surface area (Å²) in [5.74, 6) is 0.682. The molecule has 32 heavy (non-hydrogen) atoms. The van der Waals surface area contributed by atoms with Crippen LogP contribution in [-0.2, 0) is 6.61 Å². The van der Waals surface area contributed by atoms with Crippen LogP contribution >= 0.6 is 11.8 Å². The van der Waals surface area contributed by atoms with E-state index in [0.717, 1.165) is 44.6 Å². The third kappa shape index (κ3) is 6.19. The van der Waals surface area contributed by atoms with E-state index < -0.39 is 5.51 Å². The van der Waals surface area contributed by atoms with E-state index in [1.807, 2.05) is 4.90 Å². The van der Waals surface area contributed by atoms with Crippen LogP contribution in [0, 0.1) is 0 Å². The molecule has 1 atom stereocenters. The molecule has 4 nitrogen and oxygen atoms in total. The van der Waals surface area contributed by atoms with E-state index in [-0.39, 0.29) is 35.2 Å². The fraction of sp³-hybridized carbons (Fsp3) is 0.458. The van der Waals surface area contributed by atoms with E-state index in [9.17, 15) is 18.0 Å². The molecule has 2 heterocycles. The fourth-order valence-corrected chi connectivity index (χ4v) is 4.91. The van der Waals surface area contributed by atoms with Crippen molar-refractivity contribution in [2.75, 3.05) is 26.2 Å². The van der Waals surface area contributed by atoms with Gasteiger partial charge >= 0.3 is 5.51 Å². The smallest absolute Gasteiger partial charge is 0.446 e. The fourth-order valence-electron chi connectivity index (χ4n) is 4.37. The van der Waals surface area contributed by atoms with Crippen molar-refractivity contribution in [3.63, 3.8) is 0 Å². The molecule has 2 aromatic rings. The Labute approximate surface area is 190 Å². The van der Waals surface area contributed by atoms with Gasteiger partial charge in [0.1, 0.15) is 12.4 Å². The number of benzene rings is 2. The maximum absolute atomic E-state index is 13.0. The van der Waals surface area contributed by atoms with Crippen molar-refractivity contribution in [1.29, 1.82) is 0 Å². The van der Waals surface area contributed by atoms with Crippen molar-refractivity contribution in [3.8, 4) is 5.75 Å². The lowest BCUT2D eigenvalue weighted by Crippen LogP contribution is -2.42. The predicted octanol–water partition coefficient (Wildman–Crippen LogP) is 5.58. The van der Waals surface area contributed by atoms with E-state index in [1.165, 1.54) is 25.0 Å². The van der Waals surface area contributed by atoms with Gasteiger partial charge in [-0.25, -0.2) is 0 Å². The number of likely N-dealkylation sites (tertiary alicyclic amines) is 2. The second-order valence-corrected chi connectivity index (χ2v) is 9.45. The zero-order chi connectivity index (χ0) is 22.6. The summed E-state index contributed by atoms with van der Waals surface area (Å²) in [6.45, 7) is 4.28. The molecule has 2 fully saturated rings. The Kier molecular flexibility index (Phi) is 7.30. The van der Waals surface area contributed by atoms with Crippen molar-refractivity contribution in [1.82, 2.24) is 9.80 Å². The first kappa shape index (κ1) is 23.0. The number of nitrogens with zero attached hydrogens (tertiary/aromatic N) is 2. The molecule has 0 aliphatic carbocycles. The van der Waals surface area contributed by atoms with Gasteiger partial charge in [0.2, 0.25) is 0 Å². The Balaban J connectivity index is 1.30. The van der Waals surface area contributed by atoms with Crippen LogP contribution in [-0.4, -0.2) is 53.4 Å². The van der Waals surface area contributed by atoms with Gasteiger partial charge in [-0.05, 0) is 92.5 Å². The normalized spacial score (nSPS) is 19.5. The lowest BCUT2D eigenvalue weighted by molar-refractivity contribution is -0.0328. The molecule has 2 aliphatic heterocycles. The summed E-state index contributed by atoms with van der Waals surface area (Å²) >= 11 is -0.132. The molecule has 1 unspecified atom stereocenters. The first-order chi connectivity index (χ1) is 15.4. The first-order valence-corrected chi connectivity index (χ1v) is 11.8. The molecule has 0 radical (unpaired) electrons. The molecule has 172 valence electrons. The summed E-state index contributed by atoms with van der Waals surface area (Å²) in [6, 6.07) is 13.5. The van der Waals surface area contributed by atoms with E-state index in [1.54, 1.807) is 36.4 Å². The standard InChI is InChI=1S/C24H27F3N2O2S/c25-24(26,27)32-22-11-5-18(6-12-22)17-31-21-9-7-19(8-10-21)23(30)29-15-3-4-20(29)16-28-13-1-2-14-28/h5-12,20H,1-4,13-17H2. The number of thioether (sulfide) groups is 1. The van der Waals surface area contributed by atoms with Crippen LogP contribution in [0.15, 0.2) is 53.4 Å². The van der Waals surface area contributed by atoms with Crippen LogP contribution in [0.25, 0.3) is 0 Å². The minimum atomic E-state index is -4.29. The van der Waals surface area contributed by atoms with Gasteiger partial charge in [-0.2, -0.15) is 13.2 Å². The Hall–Kier alpha value is -2.19. The maximum Gasteiger partial charge on any atom is 0.446 e. The first-order valence-electron chi connectivity index (χ1n) is 11.0. The van der Waals surface area contributed by atoms with Crippen molar-refractivity contribution in [2.24, 2.45) is 0 Å². The summed E-state index contributed by atoms with van der Waals surface area (Å²) in [5.41, 5.74) is -2.86. The highest BCUT2D eigenvalue weighted by atomic mass is 32.2. The Bertz CT molecular complexity index is 897. The zero-order valence-electron chi connectivity index (χ0n) is 17.8. The van der Waals surface area contributed by atoms with E-state index in [4.69, 9.17) is 4.74 Å². The molecule has 0 N–H and O–H groups in total. The second kappa shape index (κ2) is 10.2. The number of rotatable bonds is 7. The molecule has 8 heteroatoms. The Morgan fingerprint density at radius 2 is 1.66 bits per heavy atom. The summed E-state index contributed by atoms with van der Waals surface area (Å²) < 4.78 is 43.0. The van der Waals surface area contributed by atoms with Gasteiger partial charge in [0, 0.05) is 29.6 Å². The van der Waals surface area contributed by atoms with Gasteiger partial charge in [0.05, 0.1) is 0 Å². The molecule has 0 aromatic heterocycles. The van der Waals surface area contributed by atoms with Crippen LogP contribution in [0.4, 0.5) is 13.2 Å². The zero-order valence-corrected chi connectivity index (χ0v) is 18.6. The molecule has 0 saturated carbocycles. The number of ether oxygens (including phenoxy) is 1. The number of carbonyl (C=O) groups is 1. The van der Waals surface area contributed by atoms with Crippen LogP contribution in [0.3, 0.4) is 0 Å². The van der Waals surface area contributed by atoms with Crippen LogP contribution < -0.4 is 4.74 Å². The monoisotopic (exact) mass is 464 g/mol. The van der Waals surface area contributed by atoms with Crippen molar-refractivity contribution >= 4 is 17.7 Å². The highest BCUT2D eigenvalue weighted by Crippen LogP contribution is 2.36. The Morgan fingerprint density at radius 3 is 2.31 bits per heavy atom. The number of alkyl halides is 3. The van der Waals surface area contributed by atoms with Crippen LogP contribution in [0.5, 0.6) is 5.75 Å². The summed E-state index contributed by atoms with van der Waals surface area (Å²) in [7, 11) is 0. The number of carbonyl (C=O) groups excluding carboxylic acids is 1. The number of amides is 1. The molecule has 2 aromatic carbocycles. The van der Waals surface area contributed by atoms with Crippen LogP contribution in [0.2, 0.25) is 0 Å². The van der Waals surface area contributed by atoms with Crippen molar-refractivity contribution in [3.05, 3.63) is 59.7 Å². The van der Waals surface area contributed by atoms with Crippen LogP contribution in [0.1, 0.15) is 41.6 Å². The minimum absolute atomic E-state index is 0.0657. The number of hydrogen-bond acceptors (Lipinski definition) is 4. The SMILES string of the molecule is O=C(c1ccc(OCc2ccc(SC(F)(F)F)cc2)cc1)N1CCCC1CN1CCCC1. The molecular formula is C24H27F3N2O2S. The largest absolute Gasteiger partial charge is 0.489 e. The summed E-state index contributed by atoms with van der Waals surface area (Å²) in [6.07, 6.45) is 4.60. The average molecular weight is 465 g/mol. The highest BCUT2D eigenvalue weighted by molar-refractivity contribution is 8.00. The molecule has 0 spiro atoms. The number of halogens is 3. The van der Waals surface area contributed by atoms with Crippen molar-refractivity contribution in [2.45, 2.75) is 48.7 Å². The summed E-state index contributed by atoms with van der Waals surface area (Å²) in [5, 5.41) is 0. The number of hydrogen-bond donors (Lipinski definition) is 0. The van der Waals surface area contributed by atoms with Gasteiger partial charge in [-0.3, -0.25) is 4.79 Å². The molecule has 4 rings (SSSR count). The predicted molar refractivity (Wildman–Crippen MR) is 119 cm³/mol. The third-order valence-corrected chi connectivity index (χ3v) is 6.71. The summed E-state index contributed by atoms with van der Waals surface area (Å²) in [4.78, 5) is 17.7. The van der Waals surface area contributed by atoms with E-state index in [2.05, 4.69) is 4.90 Å². The molecular weight excluding hydrogens is 437 g/mol. The second-order valence-electron chi connectivity index (χ2n) is 8.31. The van der Waals surface area contributed by atoms with E-state index in [0.29, 0.717) is 11.3 Å². The maximum atomic E-state index is 13.0. The molecule has 2 aliphatic rings. The average Bonchev–Trinajstić information content (AvgIpc) is 3.45. The van der Waals surface area contributed by atoms with Gasteiger partial charge in [0.15, 0.2) is 0 Å². The van der Waals surface area contributed by atoms with Crippen molar-refractivity contribution < 1.29 is 22.7 Å². The molecule has 2 saturated heterocycles. The Morgan fingerprint density at radius 1 is 0.969 bits per heavy atom. The lowest BCUT2D eigenvalue weighted by atomic mass is 10.1. The quantitative estimate of drug-likeness (QED) is 0.501.